The minimum absolute atomic E-state index is 0. The van der Waals surface area contributed by atoms with Crippen molar-refractivity contribution in [2.75, 3.05) is 20.3 Å². The Morgan fingerprint density at radius 2 is 1.67 bits per heavy atom. The molecule has 6 heteroatoms. The number of rotatable bonds is 1. The van der Waals surface area contributed by atoms with E-state index in [4.69, 9.17) is 0 Å². The Labute approximate surface area is 103 Å². The predicted molar refractivity (Wildman–Crippen MR) is 34.1 cm³/mol. The van der Waals surface area contributed by atoms with Gasteiger partial charge in [0.15, 0.2) is 0 Å². The molecule has 0 amide bonds. The Morgan fingerprint density at radius 3 is 1.83 bits per heavy atom. The molecule has 0 bridgehead atoms. The van der Waals surface area contributed by atoms with Gasteiger partial charge in [0.25, 0.3) is 0 Å². The fourth-order valence-electron chi connectivity index (χ4n) is 0.794. The zero-order valence-corrected chi connectivity index (χ0v) is 10.3. The van der Waals surface area contributed by atoms with Crippen LogP contribution in [0.2, 0.25) is 0 Å². The predicted octanol–water partition coefficient (Wildman–Crippen LogP) is -8.31. The first kappa shape index (κ1) is 23.0. The van der Waals surface area contributed by atoms with Gasteiger partial charge in [0.1, 0.15) is 0 Å². The topological polar surface area (TPSA) is 6.48 Å². The summed E-state index contributed by atoms with van der Waals surface area (Å²) in [5.41, 5.74) is 0. The zero-order valence-electron chi connectivity index (χ0n) is 6.95. The third-order valence-corrected chi connectivity index (χ3v) is 1.34. The van der Waals surface area contributed by atoms with E-state index in [0.717, 1.165) is 13.2 Å². The zero-order chi connectivity index (χ0) is 5.98. The quantitative estimate of drug-likeness (QED) is 0.438. The monoisotopic (exact) mass is 273 g/mol. The first-order valence-electron chi connectivity index (χ1n) is 2.95. The van der Waals surface area contributed by atoms with E-state index in [2.05, 4.69) is 36.2 Å². The minimum atomic E-state index is 0. The van der Waals surface area contributed by atoms with Crippen LogP contribution in [0, 0.1) is 0 Å². The number of halogens is 3. The largest absolute Gasteiger partial charge is 3.00 e. The number of hydrogen-bond acceptors (Lipinski definition) is 2. The molecule has 1 radical (unpaired) electrons. The molecule has 0 saturated heterocycles. The molecule has 0 aromatic carbocycles. The van der Waals surface area contributed by atoms with E-state index in [9.17, 15) is 0 Å². The molecule has 1 heterocycles. The molecule has 0 aromatic heterocycles. The normalized spacial score (nSPS) is 12.2. The molecule has 0 aliphatic carbocycles. The van der Waals surface area contributed by atoms with Crippen LogP contribution in [0.1, 0.15) is 6.92 Å². The van der Waals surface area contributed by atoms with Gasteiger partial charge in [-0.25, -0.2) is 0 Å². The fraction of sp³-hybridized carbons (Fsp3) is 0.667. The van der Waals surface area contributed by atoms with Crippen molar-refractivity contribution in [3.05, 3.63) is 12.4 Å². The molecule has 1 aliphatic rings. The Morgan fingerprint density at radius 1 is 1.17 bits per heavy atom. The molecule has 75 valence electrons. The summed E-state index contributed by atoms with van der Waals surface area (Å²) >= 11 is 0. The van der Waals surface area contributed by atoms with Gasteiger partial charge in [-0.3, -0.25) is 0 Å². The van der Waals surface area contributed by atoms with Crippen LogP contribution in [0.15, 0.2) is 12.4 Å². The standard InChI is InChI=1S/C6H12N2.3ClH.Fe/c1-3-8-5-4-7(2)6-8;;;;/h4-5H,3,6H2,1-2H3;3*1H;/q;;;;+3/p-3. The number of hydrogen-bond donors (Lipinski definition) is 0. The van der Waals surface area contributed by atoms with Crippen LogP contribution in [0.5, 0.6) is 0 Å². The summed E-state index contributed by atoms with van der Waals surface area (Å²) in [7, 11) is 2.08. The molecular weight excluding hydrogens is 262 g/mol. The van der Waals surface area contributed by atoms with E-state index >= 15 is 0 Å². The van der Waals surface area contributed by atoms with Gasteiger partial charge in [-0.05, 0) is 6.92 Å². The summed E-state index contributed by atoms with van der Waals surface area (Å²) in [6.45, 7) is 4.32. The van der Waals surface area contributed by atoms with Crippen LogP contribution >= 0.6 is 0 Å². The van der Waals surface area contributed by atoms with Crippen LogP contribution in [-0.2, 0) is 17.1 Å². The summed E-state index contributed by atoms with van der Waals surface area (Å²) in [5, 5.41) is 0. The Kier molecular flexibility index (Phi) is 22.5. The molecule has 0 unspecified atom stereocenters. The van der Waals surface area contributed by atoms with Crippen LogP contribution in [0.3, 0.4) is 0 Å². The summed E-state index contributed by atoms with van der Waals surface area (Å²) in [6.07, 6.45) is 4.20. The van der Waals surface area contributed by atoms with Gasteiger partial charge in [-0.2, -0.15) is 0 Å². The summed E-state index contributed by atoms with van der Waals surface area (Å²) in [6, 6.07) is 0. The van der Waals surface area contributed by atoms with Crippen molar-refractivity contribution < 1.29 is 54.3 Å². The van der Waals surface area contributed by atoms with Crippen molar-refractivity contribution in [2.45, 2.75) is 6.92 Å². The summed E-state index contributed by atoms with van der Waals surface area (Å²) in [4.78, 5) is 4.41. The molecule has 0 spiro atoms. The van der Waals surface area contributed by atoms with Crippen molar-refractivity contribution >= 4 is 0 Å². The van der Waals surface area contributed by atoms with E-state index in [1.807, 2.05) is 0 Å². The van der Waals surface area contributed by atoms with Gasteiger partial charge in [-0.15, -0.1) is 0 Å². The fourth-order valence-corrected chi connectivity index (χ4v) is 0.794. The molecule has 2 nitrogen and oxygen atoms in total. The average Bonchev–Trinajstić information content (AvgIpc) is 2.14. The molecule has 12 heavy (non-hydrogen) atoms. The number of nitrogens with zero attached hydrogens (tertiary/aromatic N) is 2. The smallest absolute Gasteiger partial charge is 1.00 e. The van der Waals surface area contributed by atoms with Crippen molar-refractivity contribution in [3.8, 4) is 0 Å². The van der Waals surface area contributed by atoms with Crippen molar-refractivity contribution in [1.82, 2.24) is 9.80 Å². The summed E-state index contributed by atoms with van der Waals surface area (Å²) in [5.74, 6) is 0. The van der Waals surface area contributed by atoms with Gasteiger partial charge >= 0.3 is 17.1 Å². The van der Waals surface area contributed by atoms with E-state index < -0.39 is 0 Å². The maximum atomic E-state index is 2.25. The minimum Gasteiger partial charge on any atom is -1.00 e. The van der Waals surface area contributed by atoms with Crippen LogP contribution in [0.25, 0.3) is 0 Å². The van der Waals surface area contributed by atoms with Gasteiger partial charge in [0.05, 0.1) is 6.67 Å². The Hall–Kier alpha value is 0.729. The van der Waals surface area contributed by atoms with Gasteiger partial charge < -0.3 is 47.0 Å². The third-order valence-electron chi connectivity index (χ3n) is 1.34. The molecule has 0 aromatic rings. The van der Waals surface area contributed by atoms with Crippen LogP contribution in [-0.4, -0.2) is 30.1 Å². The van der Waals surface area contributed by atoms with E-state index in [0.29, 0.717) is 0 Å². The third kappa shape index (κ3) is 7.38. The molecular formula is C6H12Cl3FeN2. The second-order valence-electron chi connectivity index (χ2n) is 2.10. The van der Waals surface area contributed by atoms with Gasteiger partial charge in [-0.1, -0.05) is 0 Å². The van der Waals surface area contributed by atoms with Crippen molar-refractivity contribution in [1.29, 1.82) is 0 Å². The van der Waals surface area contributed by atoms with Crippen molar-refractivity contribution in [2.24, 2.45) is 0 Å². The maximum absolute atomic E-state index is 2.25. The SMILES string of the molecule is CCN1C=CN(C)C1.[Cl-].[Cl-].[Cl-].[Fe+3]. The molecule has 0 fully saturated rings. The average molecular weight is 274 g/mol. The molecule has 0 N–H and O–H groups in total. The molecule has 1 rings (SSSR count). The maximum Gasteiger partial charge on any atom is 3.00 e. The molecule has 0 saturated carbocycles. The van der Waals surface area contributed by atoms with Crippen molar-refractivity contribution in [3.63, 3.8) is 0 Å². The first-order valence-corrected chi connectivity index (χ1v) is 2.95. The first-order chi connectivity index (χ1) is 3.83. The Bertz CT molecular complexity index is 113. The van der Waals surface area contributed by atoms with E-state index in [-0.39, 0.29) is 54.3 Å². The second-order valence-corrected chi connectivity index (χ2v) is 2.10. The van der Waals surface area contributed by atoms with E-state index in [1.165, 1.54) is 0 Å². The molecule has 0 atom stereocenters. The Balaban J connectivity index is -0.0000000800. The second kappa shape index (κ2) is 11.7. The van der Waals surface area contributed by atoms with Gasteiger partial charge in [0.2, 0.25) is 0 Å². The molecule has 1 aliphatic heterocycles. The van der Waals surface area contributed by atoms with Crippen LogP contribution < -0.4 is 37.2 Å². The van der Waals surface area contributed by atoms with E-state index in [1.54, 1.807) is 0 Å². The van der Waals surface area contributed by atoms with Gasteiger partial charge in [0, 0.05) is 26.0 Å². The summed E-state index contributed by atoms with van der Waals surface area (Å²) < 4.78 is 0. The van der Waals surface area contributed by atoms with Crippen LogP contribution in [0.4, 0.5) is 0 Å².